The minimum atomic E-state index is 0.625. The minimum absolute atomic E-state index is 0.625. The SMILES string of the molecule is CC(CN)CSCC=Cc1ccccc1. The minimum Gasteiger partial charge on any atom is -0.330 e. The van der Waals surface area contributed by atoms with Crippen LogP contribution in [0.5, 0.6) is 0 Å². The van der Waals surface area contributed by atoms with Crippen molar-refractivity contribution in [2.45, 2.75) is 6.92 Å². The van der Waals surface area contributed by atoms with Crippen molar-refractivity contribution in [2.24, 2.45) is 11.7 Å². The van der Waals surface area contributed by atoms with Gasteiger partial charge in [0.25, 0.3) is 0 Å². The van der Waals surface area contributed by atoms with E-state index in [0.717, 1.165) is 18.1 Å². The summed E-state index contributed by atoms with van der Waals surface area (Å²) in [6.07, 6.45) is 4.38. The Kier molecular flexibility index (Phi) is 6.21. The Morgan fingerprint density at radius 1 is 1.33 bits per heavy atom. The quantitative estimate of drug-likeness (QED) is 0.747. The summed E-state index contributed by atoms with van der Waals surface area (Å²) in [6.45, 7) is 2.98. The molecular weight excluding hydrogens is 202 g/mol. The van der Waals surface area contributed by atoms with Gasteiger partial charge >= 0.3 is 0 Å². The highest BCUT2D eigenvalue weighted by Gasteiger charge is 1.96. The molecule has 0 aromatic heterocycles. The van der Waals surface area contributed by atoms with Crippen LogP contribution in [0.3, 0.4) is 0 Å². The molecule has 0 heterocycles. The Balaban J connectivity index is 2.18. The van der Waals surface area contributed by atoms with E-state index in [9.17, 15) is 0 Å². The van der Waals surface area contributed by atoms with Gasteiger partial charge in [0.15, 0.2) is 0 Å². The maximum absolute atomic E-state index is 5.55. The van der Waals surface area contributed by atoms with Crippen molar-refractivity contribution in [3.8, 4) is 0 Å². The summed E-state index contributed by atoms with van der Waals surface area (Å²) in [6, 6.07) is 10.4. The number of benzene rings is 1. The average molecular weight is 221 g/mol. The summed E-state index contributed by atoms with van der Waals surface area (Å²) in [5.74, 6) is 2.84. The fourth-order valence-electron chi connectivity index (χ4n) is 1.15. The zero-order valence-electron chi connectivity index (χ0n) is 9.23. The molecule has 1 aromatic carbocycles. The van der Waals surface area contributed by atoms with Crippen LogP contribution in [0.25, 0.3) is 6.08 Å². The number of hydrogen-bond donors (Lipinski definition) is 1. The molecule has 0 bridgehead atoms. The van der Waals surface area contributed by atoms with Gasteiger partial charge in [0.2, 0.25) is 0 Å². The smallest absolute Gasteiger partial charge is 0.0116 e. The third kappa shape index (κ3) is 5.65. The standard InChI is InChI=1S/C13H19NS/c1-12(10-14)11-15-9-5-8-13-6-3-2-4-7-13/h2-8,12H,9-11,14H2,1H3. The molecule has 1 nitrogen and oxygen atoms in total. The third-order valence-electron chi connectivity index (χ3n) is 2.13. The highest BCUT2D eigenvalue weighted by Crippen LogP contribution is 2.08. The van der Waals surface area contributed by atoms with Gasteiger partial charge in [-0.15, -0.1) is 0 Å². The summed E-state index contributed by atoms with van der Waals surface area (Å²) >= 11 is 1.94. The predicted molar refractivity (Wildman–Crippen MR) is 71.0 cm³/mol. The van der Waals surface area contributed by atoms with E-state index in [4.69, 9.17) is 5.73 Å². The molecule has 82 valence electrons. The summed E-state index contributed by atoms with van der Waals surface area (Å²) in [5.41, 5.74) is 6.81. The Hall–Kier alpha value is -0.730. The lowest BCUT2D eigenvalue weighted by Gasteiger charge is -2.05. The van der Waals surface area contributed by atoms with Crippen molar-refractivity contribution >= 4 is 17.8 Å². The van der Waals surface area contributed by atoms with E-state index in [1.165, 1.54) is 5.56 Å². The monoisotopic (exact) mass is 221 g/mol. The summed E-state index contributed by atoms with van der Waals surface area (Å²) in [5, 5.41) is 0. The van der Waals surface area contributed by atoms with Crippen LogP contribution in [-0.2, 0) is 0 Å². The van der Waals surface area contributed by atoms with Gasteiger partial charge in [0.05, 0.1) is 0 Å². The molecule has 0 radical (unpaired) electrons. The van der Waals surface area contributed by atoms with Gasteiger partial charge in [-0.05, 0) is 23.8 Å². The molecule has 1 aromatic rings. The van der Waals surface area contributed by atoms with Gasteiger partial charge in [-0.2, -0.15) is 11.8 Å². The molecule has 0 aliphatic rings. The van der Waals surface area contributed by atoms with Crippen molar-refractivity contribution in [3.63, 3.8) is 0 Å². The predicted octanol–water partition coefficient (Wildman–Crippen LogP) is 3.03. The molecule has 0 aliphatic heterocycles. The zero-order chi connectivity index (χ0) is 10.9. The Bertz CT molecular complexity index is 282. The Labute approximate surface area is 96.8 Å². The fraction of sp³-hybridized carbons (Fsp3) is 0.385. The average Bonchev–Trinajstić information content (AvgIpc) is 2.29. The Morgan fingerprint density at radius 2 is 2.07 bits per heavy atom. The highest BCUT2D eigenvalue weighted by atomic mass is 32.2. The molecule has 1 atom stereocenters. The van der Waals surface area contributed by atoms with Crippen molar-refractivity contribution in [1.29, 1.82) is 0 Å². The lowest BCUT2D eigenvalue weighted by Crippen LogP contribution is -2.12. The van der Waals surface area contributed by atoms with Gasteiger partial charge in [0.1, 0.15) is 0 Å². The van der Waals surface area contributed by atoms with Crippen molar-refractivity contribution in [1.82, 2.24) is 0 Å². The normalized spacial score (nSPS) is 13.2. The van der Waals surface area contributed by atoms with E-state index in [-0.39, 0.29) is 0 Å². The molecule has 15 heavy (non-hydrogen) atoms. The molecule has 2 heteroatoms. The van der Waals surface area contributed by atoms with Crippen LogP contribution in [0.15, 0.2) is 36.4 Å². The molecule has 1 unspecified atom stereocenters. The van der Waals surface area contributed by atoms with Crippen LogP contribution in [0, 0.1) is 5.92 Å². The van der Waals surface area contributed by atoms with E-state index in [2.05, 4.69) is 43.3 Å². The lowest BCUT2D eigenvalue weighted by atomic mass is 10.2. The summed E-state index contributed by atoms with van der Waals surface area (Å²) < 4.78 is 0. The van der Waals surface area contributed by atoms with Crippen LogP contribution >= 0.6 is 11.8 Å². The molecular formula is C13H19NS. The van der Waals surface area contributed by atoms with Crippen molar-refractivity contribution < 1.29 is 0 Å². The van der Waals surface area contributed by atoms with Crippen molar-refractivity contribution in [2.75, 3.05) is 18.1 Å². The van der Waals surface area contributed by atoms with Gasteiger partial charge in [-0.1, -0.05) is 49.4 Å². The first-order chi connectivity index (χ1) is 7.33. The van der Waals surface area contributed by atoms with Crippen molar-refractivity contribution in [3.05, 3.63) is 42.0 Å². The second-order valence-electron chi connectivity index (χ2n) is 3.69. The van der Waals surface area contributed by atoms with Gasteiger partial charge in [0, 0.05) is 5.75 Å². The molecule has 0 saturated heterocycles. The largest absolute Gasteiger partial charge is 0.330 e. The maximum atomic E-state index is 5.55. The Morgan fingerprint density at radius 3 is 2.73 bits per heavy atom. The first kappa shape index (κ1) is 12.3. The van der Waals surface area contributed by atoms with Crippen LogP contribution in [0.1, 0.15) is 12.5 Å². The van der Waals surface area contributed by atoms with Gasteiger partial charge in [-0.25, -0.2) is 0 Å². The second-order valence-corrected chi connectivity index (χ2v) is 4.77. The number of hydrogen-bond acceptors (Lipinski definition) is 2. The summed E-state index contributed by atoms with van der Waals surface area (Å²) in [7, 11) is 0. The maximum Gasteiger partial charge on any atom is 0.0116 e. The van der Waals surface area contributed by atoms with E-state index < -0.39 is 0 Å². The van der Waals surface area contributed by atoms with Crippen LogP contribution < -0.4 is 5.73 Å². The van der Waals surface area contributed by atoms with Gasteiger partial charge < -0.3 is 5.73 Å². The number of thioether (sulfide) groups is 1. The molecule has 2 N–H and O–H groups in total. The molecule has 0 spiro atoms. The van der Waals surface area contributed by atoms with Gasteiger partial charge in [-0.3, -0.25) is 0 Å². The first-order valence-corrected chi connectivity index (χ1v) is 6.48. The molecule has 1 rings (SSSR count). The van der Waals surface area contributed by atoms with Crippen LogP contribution in [0.4, 0.5) is 0 Å². The number of nitrogens with two attached hydrogens (primary N) is 1. The highest BCUT2D eigenvalue weighted by molar-refractivity contribution is 7.99. The summed E-state index contributed by atoms with van der Waals surface area (Å²) in [4.78, 5) is 0. The number of rotatable bonds is 6. The molecule has 0 amide bonds. The molecule has 0 aliphatic carbocycles. The first-order valence-electron chi connectivity index (χ1n) is 5.32. The molecule has 0 fully saturated rings. The van der Waals surface area contributed by atoms with Crippen LogP contribution in [0.2, 0.25) is 0 Å². The van der Waals surface area contributed by atoms with E-state index in [0.29, 0.717) is 5.92 Å². The topological polar surface area (TPSA) is 26.0 Å². The lowest BCUT2D eigenvalue weighted by molar-refractivity contribution is 0.676. The van der Waals surface area contributed by atoms with E-state index in [1.54, 1.807) is 0 Å². The van der Waals surface area contributed by atoms with Crippen LogP contribution in [-0.4, -0.2) is 18.1 Å². The molecule has 0 saturated carbocycles. The van der Waals surface area contributed by atoms with E-state index in [1.807, 2.05) is 17.8 Å². The fourth-order valence-corrected chi connectivity index (χ4v) is 2.06. The zero-order valence-corrected chi connectivity index (χ0v) is 10.0. The second kappa shape index (κ2) is 7.55. The third-order valence-corrected chi connectivity index (χ3v) is 3.36. The van der Waals surface area contributed by atoms with E-state index >= 15 is 0 Å².